The minimum Gasteiger partial charge on any atom is -0.299 e. The molecule has 1 aliphatic rings. The molecule has 3 rings (SSSR count). The molecule has 0 aromatic heterocycles. The van der Waals surface area contributed by atoms with Crippen LogP contribution in [-0.2, 0) is 6.54 Å². The van der Waals surface area contributed by atoms with Gasteiger partial charge in [0.15, 0.2) is 5.78 Å². The summed E-state index contributed by atoms with van der Waals surface area (Å²) in [5.41, 5.74) is 3.98. The molecule has 0 bridgehead atoms. The van der Waals surface area contributed by atoms with Crippen LogP contribution in [0.2, 0.25) is 0 Å². The zero-order valence-electron chi connectivity index (χ0n) is 11.8. The van der Waals surface area contributed by atoms with E-state index in [1.54, 1.807) is 0 Å². The average molecular weight is 265 g/mol. The molecular formula is C18H19NO. The van der Waals surface area contributed by atoms with Gasteiger partial charge in [-0.25, -0.2) is 0 Å². The SMILES string of the molecule is Cc1ccc(C(=O)c2ccc(CN3CCC3)cc2)cc1. The summed E-state index contributed by atoms with van der Waals surface area (Å²) in [7, 11) is 0. The molecule has 1 heterocycles. The second kappa shape index (κ2) is 5.59. The van der Waals surface area contributed by atoms with Crippen LogP contribution < -0.4 is 0 Å². The lowest BCUT2D eigenvalue weighted by Crippen LogP contribution is -2.36. The second-order valence-electron chi connectivity index (χ2n) is 5.52. The van der Waals surface area contributed by atoms with Crippen molar-refractivity contribution < 1.29 is 4.79 Å². The highest BCUT2D eigenvalue weighted by Gasteiger charge is 2.14. The van der Waals surface area contributed by atoms with Crippen molar-refractivity contribution in [2.24, 2.45) is 0 Å². The molecule has 0 spiro atoms. The Hall–Kier alpha value is -1.93. The van der Waals surface area contributed by atoms with Gasteiger partial charge in [0.1, 0.15) is 0 Å². The van der Waals surface area contributed by atoms with Crippen molar-refractivity contribution >= 4 is 5.78 Å². The van der Waals surface area contributed by atoms with E-state index in [9.17, 15) is 4.79 Å². The number of carbonyl (C=O) groups is 1. The Bertz CT molecular complexity index is 594. The summed E-state index contributed by atoms with van der Waals surface area (Å²) in [6.45, 7) is 5.42. The highest BCUT2D eigenvalue weighted by atomic mass is 16.1. The Balaban J connectivity index is 1.73. The standard InChI is InChI=1S/C18H19NO/c1-14-3-7-16(8-4-14)18(20)17-9-5-15(6-10-17)13-19-11-2-12-19/h3-10H,2,11-13H2,1H3. The van der Waals surface area contributed by atoms with E-state index < -0.39 is 0 Å². The van der Waals surface area contributed by atoms with Gasteiger partial charge < -0.3 is 0 Å². The lowest BCUT2D eigenvalue weighted by atomic mass is 10.0. The first kappa shape index (κ1) is 13.1. The normalized spacial score (nSPS) is 14.8. The van der Waals surface area contributed by atoms with E-state index in [-0.39, 0.29) is 5.78 Å². The molecule has 20 heavy (non-hydrogen) atoms. The number of aryl methyl sites for hydroxylation is 1. The molecule has 2 heteroatoms. The molecule has 102 valence electrons. The van der Waals surface area contributed by atoms with Crippen molar-refractivity contribution in [3.05, 3.63) is 70.8 Å². The molecule has 0 atom stereocenters. The smallest absolute Gasteiger partial charge is 0.193 e. The third-order valence-electron chi connectivity index (χ3n) is 3.88. The fourth-order valence-corrected chi connectivity index (χ4v) is 2.43. The van der Waals surface area contributed by atoms with E-state index in [0.717, 1.165) is 17.7 Å². The summed E-state index contributed by atoms with van der Waals surface area (Å²) in [5, 5.41) is 0. The Morgan fingerprint density at radius 2 is 1.50 bits per heavy atom. The van der Waals surface area contributed by atoms with E-state index in [1.807, 2.05) is 43.3 Å². The zero-order valence-corrected chi connectivity index (χ0v) is 11.8. The van der Waals surface area contributed by atoms with Crippen molar-refractivity contribution in [2.45, 2.75) is 19.9 Å². The predicted octanol–water partition coefficient (Wildman–Crippen LogP) is 3.43. The van der Waals surface area contributed by atoms with E-state index in [0.29, 0.717) is 0 Å². The van der Waals surface area contributed by atoms with E-state index in [4.69, 9.17) is 0 Å². The number of ketones is 1. The lowest BCUT2D eigenvalue weighted by molar-refractivity contribution is 0.103. The van der Waals surface area contributed by atoms with Crippen LogP contribution in [0.25, 0.3) is 0 Å². The summed E-state index contributed by atoms with van der Waals surface area (Å²) in [6, 6.07) is 15.8. The summed E-state index contributed by atoms with van der Waals surface area (Å²) >= 11 is 0. The second-order valence-corrected chi connectivity index (χ2v) is 5.52. The van der Waals surface area contributed by atoms with Gasteiger partial charge in [0.05, 0.1) is 0 Å². The van der Waals surface area contributed by atoms with Crippen LogP contribution in [0.5, 0.6) is 0 Å². The van der Waals surface area contributed by atoms with Crippen LogP contribution in [0, 0.1) is 6.92 Å². The number of benzene rings is 2. The van der Waals surface area contributed by atoms with Gasteiger partial charge in [0, 0.05) is 17.7 Å². The highest BCUT2D eigenvalue weighted by Crippen LogP contribution is 2.15. The highest BCUT2D eigenvalue weighted by molar-refractivity contribution is 6.08. The van der Waals surface area contributed by atoms with Crippen LogP contribution in [0.3, 0.4) is 0 Å². The largest absolute Gasteiger partial charge is 0.299 e. The minimum absolute atomic E-state index is 0.0977. The molecule has 1 saturated heterocycles. The first-order valence-corrected chi connectivity index (χ1v) is 7.15. The first-order valence-electron chi connectivity index (χ1n) is 7.15. The Morgan fingerprint density at radius 1 is 0.950 bits per heavy atom. The monoisotopic (exact) mass is 265 g/mol. The summed E-state index contributed by atoms with van der Waals surface area (Å²) in [4.78, 5) is 14.8. The maximum absolute atomic E-state index is 12.3. The summed E-state index contributed by atoms with van der Waals surface area (Å²) in [5.74, 6) is 0.0977. The van der Waals surface area contributed by atoms with Gasteiger partial charge in [-0.3, -0.25) is 9.69 Å². The molecule has 0 saturated carbocycles. The molecule has 0 radical (unpaired) electrons. The Morgan fingerprint density at radius 3 is 2.00 bits per heavy atom. The molecule has 1 aliphatic heterocycles. The molecule has 0 aliphatic carbocycles. The topological polar surface area (TPSA) is 20.3 Å². The Kier molecular flexibility index (Phi) is 3.66. The number of nitrogens with zero attached hydrogens (tertiary/aromatic N) is 1. The third-order valence-corrected chi connectivity index (χ3v) is 3.88. The molecule has 0 N–H and O–H groups in total. The van der Waals surface area contributed by atoms with Crippen LogP contribution >= 0.6 is 0 Å². The van der Waals surface area contributed by atoms with Gasteiger partial charge >= 0.3 is 0 Å². The third kappa shape index (κ3) is 2.81. The van der Waals surface area contributed by atoms with Crippen molar-refractivity contribution in [3.8, 4) is 0 Å². The van der Waals surface area contributed by atoms with Crippen LogP contribution in [0.15, 0.2) is 48.5 Å². The van der Waals surface area contributed by atoms with Crippen molar-refractivity contribution in [1.29, 1.82) is 0 Å². The van der Waals surface area contributed by atoms with Crippen molar-refractivity contribution in [1.82, 2.24) is 4.90 Å². The van der Waals surface area contributed by atoms with Crippen molar-refractivity contribution in [3.63, 3.8) is 0 Å². The molecule has 2 aromatic rings. The van der Waals surface area contributed by atoms with Gasteiger partial charge in [-0.15, -0.1) is 0 Å². The number of likely N-dealkylation sites (tertiary alicyclic amines) is 1. The Labute approximate surface area is 120 Å². The van der Waals surface area contributed by atoms with E-state index in [1.165, 1.54) is 30.6 Å². The van der Waals surface area contributed by atoms with Crippen LogP contribution in [0.4, 0.5) is 0 Å². The van der Waals surface area contributed by atoms with E-state index >= 15 is 0 Å². The summed E-state index contributed by atoms with van der Waals surface area (Å²) < 4.78 is 0. The molecule has 2 aromatic carbocycles. The molecule has 2 nitrogen and oxygen atoms in total. The van der Waals surface area contributed by atoms with Gasteiger partial charge in [-0.05, 0) is 32.0 Å². The van der Waals surface area contributed by atoms with Crippen LogP contribution in [-0.4, -0.2) is 23.8 Å². The first-order chi connectivity index (χ1) is 9.72. The minimum atomic E-state index is 0.0977. The zero-order chi connectivity index (χ0) is 13.9. The van der Waals surface area contributed by atoms with Gasteiger partial charge in [-0.2, -0.15) is 0 Å². The van der Waals surface area contributed by atoms with Gasteiger partial charge in [0.2, 0.25) is 0 Å². The maximum Gasteiger partial charge on any atom is 0.193 e. The number of carbonyl (C=O) groups excluding carboxylic acids is 1. The fraction of sp³-hybridized carbons (Fsp3) is 0.278. The molecular weight excluding hydrogens is 246 g/mol. The predicted molar refractivity (Wildman–Crippen MR) is 80.9 cm³/mol. The number of hydrogen-bond acceptors (Lipinski definition) is 2. The summed E-state index contributed by atoms with van der Waals surface area (Å²) in [6.07, 6.45) is 1.31. The van der Waals surface area contributed by atoms with Crippen molar-refractivity contribution in [2.75, 3.05) is 13.1 Å². The number of rotatable bonds is 4. The van der Waals surface area contributed by atoms with Gasteiger partial charge in [0.25, 0.3) is 0 Å². The van der Waals surface area contributed by atoms with E-state index in [2.05, 4.69) is 17.0 Å². The van der Waals surface area contributed by atoms with Gasteiger partial charge in [-0.1, -0.05) is 54.1 Å². The molecule has 1 fully saturated rings. The average Bonchev–Trinajstić information content (AvgIpc) is 2.44. The fourth-order valence-electron chi connectivity index (χ4n) is 2.43. The number of hydrogen-bond donors (Lipinski definition) is 0. The lowest BCUT2D eigenvalue weighted by Gasteiger charge is -2.30. The molecule has 0 unspecified atom stereocenters. The van der Waals surface area contributed by atoms with Crippen LogP contribution in [0.1, 0.15) is 33.5 Å². The maximum atomic E-state index is 12.3. The molecule has 0 amide bonds. The quantitative estimate of drug-likeness (QED) is 0.789.